The zero-order valence-corrected chi connectivity index (χ0v) is 10.0. The molecule has 2 aromatic rings. The van der Waals surface area contributed by atoms with E-state index in [9.17, 15) is 4.39 Å². The van der Waals surface area contributed by atoms with Gasteiger partial charge in [0.05, 0.1) is 6.10 Å². The maximum Gasteiger partial charge on any atom is 0.134 e. The molecule has 1 aromatic carbocycles. The molecule has 0 spiro atoms. The molecule has 2 heterocycles. The van der Waals surface area contributed by atoms with Crippen molar-refractivity contribution in [2.75, 3.05) is 18.5 Å². The van der Waals surface area contributed by atoms with E-state index in [0.29, 0.717) is 0 Å². The molecule has 1 aromatic heterocycles. The SMILES string of the molecule is Fc1ccc2ccnc(NC[C@@H]3CCCO3)c2c1. The zero-order valence-electron chi connectivity index (χ0n) is 10.0. The van der Waals surface area contributed by atoms with E-state index in [1.807, 2.05) is 6.07 Å². The molecular weight excluding hydrogens is 231 g/mol. The molecule has 18 heavy (non-hydrogen) atoms. The molecule has 0 aliphatic carbocycles. The molecule has 0 amide bonds. The average Bonchev–Trinajstić information content (AvgIpc) is 2.89. The predicted molar refractivity (Wildman–Crippen MR) is 69.2 cm³/mol. The smallest absolute Gasteiger partial charge is 0.134 e. The number of ether oxygens (including phenoxy) is 1. The molecular formula is C14H15FN2O. The highest BCUT2D eigenvalue weighted by atomic mass is 19.1. The van der Waals surface area contributed by atoms with Crippen LogP contribution in [-0.4, -0.2) is 24.2 Å². The van der Waals surface area contributed by atoms with Crippen molar-refractivity contribution in [1.82, 2.24) is 4.98 Å². The lowest BCUT2D eigenvalue weighted by Gasteiger charge is -2.12. The summed E-state index contributed by atoms with van der Waals surface area (Å²) in [6.45, 7) is 1.56. The minimum atomic E-state index is -0.240. The van der Waals surface area contributed by atoms with Crippen molar-refractivity contribution in [3.8, 4) is 0 Å². The van der Waals surface area contributed by atoms with Crippen LogP contribution < -0.4 is 5.32 Å². The third-order valence-corrected chi connectivity index (χ3v) is 3.25. The molecule has 1 atom stereocenters. The van der Waals surface area contributed by atoms with E-state index >= 15 is 0 Å². The van der Waals surface area contributed by atoms with Crippen LogP contribution in [0.2, 0.25) is 0 Å². The quantitative estimate of drug-likeness (QED) is 0.904. The Morgan fingerprint density at radius 1 is 1.39 bits per heavy atom. The molecule has 0 unspecified atom stereocenters. The van der Waals surface area contributed by atoms with Crippen LogP contribution in [0.3, 0.4) is 0 Å². The van der Waals surface area contributed by atoms with Gasteiger partial charge in [0, 0.05) is 24.7 Å². The summed E-state index contributed by atoms with van der Waals surface area (Å²) in [7, 11) is 0. The number of anilines is 1. The van der Waals surface area contributed by atoms with Crippen LogP contribution in [0, 0.1) is 5.82 Å². The molecule has 0 saturated carbocycles. The average molecular weight is 246 g/mol. The second-order valence-electron chi connectivity index (χ2n) is 4.54. The summed E-state index contributed by atoms with van der Waals surface area (Å²) in [4.78, 5) is 4.28. The van der Waals surface area contributed by atoms with Crippen molar-refractivity contribution in [1.29, 1.82) is 0 Å². The summed E-state index contributed by atoms with van der Waals surface area (Å²) in [6.07, 6.45) is 4.17. The Bertz CT molecular complexity index is 552. The Kier molecular flexibility index (Phi) is 3.11. The van der Waals surface area contributed by atoms with Crippen LogP contribution in [0.25, 0.3) is 10.8 Å². The van der Waals surface area contributed by atoms with Gasteiger partial charge in [-0.15, -0.1) is 0 Å². The van der Waals surface area contributed by atoms with Crippen molar-refractivity contribution in [3.63, 3.8) is 0 Å². The van der Waals surface area contributed by atoms with Crippen LogP contribution in [0.5, 0.6) is 0 Å². The highest BCUT2D eigenvalue weighted by Crippen LogP contribution is 2.22. The van der Waals surface area contributed by atoms with Gasteiger partial charge in [-0.05, 0) is 36.4 Å². The monoisotopic (exact) mass is 246 g/mol. The highest BCUT2D eigenvalue weighted by Gasteiger charge is 2.15. The Labute approximate surface area is 105 Å². The van der Waals surface area contributed by atoms with Gasteiger partial charge >= 0.3 is 0 Å². The first-order valence-corrected chi connectivity index (χ1v) is 6.23. The largest absolute Gasteiger partial charge is 0.376 e. The lowest BCUT2D eigenvalue weighted by atomic mass is 10.1. The molecule has 0 radical (unpaired) electrons. The molecule has 1 aliphatic heterocycles. The number of benzene rings is 1. The fraction of sp³-hybridized carbons (Fsp3) is 0.357. The van der Waals surface area contributed by atoms with E-state index < -0.39 is 0 Å². The fourth-order valence-corrected chi connectivity index (χ4v) is 2.30. The number of pyridine rings is 1. The fourth-order valence-electron chi connectivity index (χ4n) is 2.30. The second kappa shape index (κ2) is 4.90. The van der Waals surface area contributed by atoms with E-state index in [1.165, 1.54) is 12.1 Å². The third kappa shape index (κ3) is 2.29. The topological polar surface area (TPSA) is 34.2 Å². The third-order valence-electron chi connectivity index (χ3n) is 3.25. The standard InChI is InChI=1S/C14H15FN2O/c15-11-4-3-10-5-6-16-14(13(10)8-11)17-9-12-2-1-7-18-12/h3-6,8,12H,1-2,7,9H2,(H,16,17)/t12-/m0/s1. The van der Waals surface area contributed by atoms with Crippen molar-refractivity contribution in [3.05, 3.63) is 36.3 Å². The Morgan fingerprint density at radius 2 is 2.33 bits per heavy atom. The van der Waals surface area contributed by atoms with Crippen molar-refractivity contribution < 1.29 is 9.13 Å². The first-order chi connectivity index (χ1) is 8.83. The maximum atomic E-state index is 13.3. The summed E-state index contributed by atoms with van der Waals surface area (Å²) < 4.78 is 18.8. The maximum absolute atomic E-state index is 13.3. The first kappa shape index (κ1) is 11.4. The molecule has 3 nitrogen and oxygen atoms in total. The van der Waals surface area contributed by atoms with E-state index in [1.54, 1.807) is 12.3 Å². The molecule has 1 saturated heterocycles. The summed E-state index contributed by atoms with van der Waals surface area (Å²) in [5.74, 6) is 0.484. The molecule has 1 fully saturated rings. The van der Waals surface area contributed by atoms with Crippen molar-refractivity contribution in [2.24, 2.45) is 0 Å². The second-order valence-corrected chi connectivity index (χ2v) is 4.54. The van der Waals surface area contributed by atoms with Crippen LogP contribution >= 0.6 is 0 Å². The Morgan fingerprint density at radius 3 is 3.17 bits per heavy atom. The van der Waals surface area contributed by atoms with Crippen LogP contribution in [-0.2, 0) is 4.74 Å². The molecule has 0 bridgehead atoms. The highest BCUT2D eigenvalue weighted by molar-refractivity contribution is 5.91. The Balaban J connectivity index is 1.84. The van der Waals surface area contributed by atoms with Gasteiger partial charge in [0.25, 0.3) is 0 Å². The number of aromatic nitrogens is 1. The van der Waals surface area contributed by atoms with Crippen LogP contribution in [0.4, 0.5) is 10.2 Å². The summed E-state index contributed by atoms with van der Waals surface area (Å²) in [5.41, 5.74) is 0. The number of rotatable bonds is 3. The van der Waals surface area contributed by atoms with Gasteiger partial charge in [-0.3, -0.25) is 0 Å². The van der Waals surface area contributed by atoms with E-state index in [-0.39, 0.29) is 11.9 Å². The van der Waals surface area contributed by atoms with E-state index in [0.717, 1.165) is 42.6 Å². The number of halogens is 1. The van der Waals surface area contributed by atoms with Gasteiger partial charge in [0.1, 0.15) is 11.6 Å². The molecule has 94 valence electrons. The predicted octanol–water partition coefficient (Wildman–Crippen LogP) is 2.96. The lowest BCUT2D eigenvalue weighted by molar-refractivity contribution is 0.120. The number of hydrogen-bond donors (Lipinski definition) is 1. The molecule has 3 rings (SSSR count). The molecule has 1 aliphatic rings. The Hall–Kier alpha value is -1.68. The van der Waals surface area contributed by atoms with Gasteiger partial charge in [-0.25, -0.2) is 9.37 Å². The first-order valence-electron chi connectivity index (χ1n) is 6.23. The summed E-state index contributed by atoms with van der Waals surface area (Å²) in [5, 5.41) is 5.06. The zero-order chi connectivity index (χ0) is 12.4. The minimum absolute atomic E-state index is 0.240. The van der Waals surface area contributed by atoms with Gasteiger partial charge in [0.2, 0.25) is 0 Å². The van der Waals surface area contributed by atoms with Gasteiger partial charge in [0.15, 0.2) is 0 Å². The van der Waals surface area contributed by atoms with Crippen LogP contribution in [0.1, 0.15) is 12.8 Å². The van der Waals surface area contributed by atoms with Crippen molar-refractivity contribution >= 4 is 16.6 Å². The lowest BCUT2D eigenvalue weighted by Crippen LogP contribution is -2.19. The molecule has 1 N–H and O–H groups in total. The molecule has 4 heteroatoms. The van der Waals surface area contributed by atoms with Gasteiger partial charge in [-0.2, -0.15) is 0 Å². The minimum Gasteiger partial charge on any atom is -0.376 e. The van der Waals surface area contributed by atoms with Crippen LogP contribution in [0.15, 0.2) is 30.5 Å². The number of nitrogens with zero attached hydrogens (tertiary/aromatic N) is 1. The van der Waals surface area contributed by atoms with Crippen molar-refractivity contribution in [2.45, 2.75) is 18.9 Å². The van der Waals surface area contributed by atoms with E-state index in [2.05, 4.69) is 10.3 Å². The van der Waals surface area contributed by atoms with E-state index in [4.69, 9.17) is 4.74 Å². The van der Waals surface area contributed by atoms with Gasteiger partial charge in [-0.1, -0.05) is 6.07 Å². The van der Waals surface area contributed by atoms with Gasteiger partial charge < -0.3 is 10.1 Å². The number of nitrogens with one attached hydrogen (secondary N) is 1. The number of hydrogen-bond acceptors (Lipinski definition) is 3. The number of fused-ring (bicyclic) bond motifs is 1. The summed E-state index contributed by atoms with van der Waals surface area (Å²) in [6, 6.07) is 6.63. The summed E-state index contributed by atoms with van der Waals surface area (Å²) >= 11 is 0. The normalized spacial score (nSPS) is 19.3.